The second kappa shape index (κ2) is 7.25. The normalized spacial score (nSPS) is 15.4. The SMILES string of the molecule is CC(C)CC(NC(=O)N(Cc1cnn(C)c1)C1CC1)c1ncnn1C. The standard InChI is InChI=1S/C17H27N7O/c1-12(2)7-15(16-18-11-20-23(16)4)21-17(25)24(14-5-6-14)10-13-8-19-22(3)9-13/h8-9,11-12,14-15H,5-7,10H2,1-4H3,(H,21,25). The van der Waals surface area contributed by atoms with Crippen LogP contribution in [0.5, 0.6) is 0 Å². The fourth-order valence-electron chi connectivity index (χ4n) is 3.06. The van der Waals surface area contributed by atoms with Crippen molar-refractivity contribution in [1.82, 2.24) is 34.8 Å². The third-order valence-corrected chi connectivity index (χ3v) is 4.42. The molecule has 0 aromatic carbocycles. The Balaban J connectivity index is 1.72. The molecule has 8 nitrogen and oxygen atoms in total. The fourth-order valence-corrected chi connectivity index (χ4v) is 3.06. The summed E-state index contributed by atoms with van der Waals surface area (Å²) in [6.07, 6.45) is 8.25. The molecular formula is C17H27N7O. The molecule has 0 bridgehead atoms. The van der Waals surface area contributed by atoms with Crippen LogP contribution in [0.25, 0.3) is 0 Å². The van der Waals surface area contributed by atoms with E-state index in [1.165, 1.54) is 6.33 Å². The minimum absolute atomic E-state index is 0.0417. The van der Waals surface area contributed by atoms with Crippen LogP contribution in [0.1, 0.15) is 50.5 Å². The van der Waals surface area contributed by atoms with Crippen LogP contribution in [-0.4, -0.2) is 41.5 Å². The number of rotatable bonds is 7. The highest BCUT2D eigenvalue weighted by Crippen LogP contribution is 2.29. The van der Waals surface area contributed by atoms with E-state index in [-0.39, 0.29) is 12.1 Å². The van der Waals surface area contributed by atoms with Crippen molar-refractivity contribution in [2.75, 3.05) is 0 Å². The Bertz CT molecular complexity index is 716. The largest absolute Gasteiger partial charge is 0.328 e. The third-order valence-electron chi connectivity index (χ3n) is 4.42. The van der Waals surface area contributed by atoms with Gasteiger partial charge in [-0.3, -0.25) is 9.36 Å². The lowest BCUT2D eigenvalue weighted by molar-refractivity contribution is 0.185. The summed E-state index contributed by atoms with van der Waals surface area (Å²) >= 11 is 0. The van der Waals surface area contributed by atoms with E-state index in [0.29, 0.717) is 18.5 Å². The maximum absolute atomic E-state index is 13.0. The Morgan fingerprint density at radius 3 is 2.64 bits per heavy atom. The number of aromatic nitrogens is 5. The van der Waals surface area contributed by atoms with Gasteiger partial charge >= 0.3 is 6.03 Å². The molecule has 1 unspecified atom stereocenters. The Labute approximate surface area is 148 Å². The first-order chi connectivity index (χ1) is 11.9. The first-order valence-corrected chi connectivity index (χ1v) is 8.82. The molecule has 2 aromatic heterocycles. The zero-order valence-corrected chi connectivity index (χ0v) is 15.4. The lowest BCUT2D eigenvalue weighted by atomic mass is 10.0. The first kappa shape index (κ1) is 17.4. The van der Waals surface area contributed by atoms with Gasteiger partial charge in [0.15, 0.2) is 0 Å². The molecule has 1 fully saturated rings. The number of nitrogens with zero attached hydrogens (tertiary/aromatic N) is 6. The smallest absolute Gasteiger partial charge is 0.318 e. The van der Waals surface area contributed by atoms with E-state index in [1.807, 2.05) is 31.4 Å². The zero-order chi connectivity index (χ0) is 18.0. The van der Waals surface area contributed by atoms with E-state index in [9.17, 15) is 4.79 Å². The fraction of sp³-hybridized carbons (Fsp3) is 0.647. The number of urea groups is 1. The Morgan fingerprint density at radius 1 is 1.36 bits per heavy atom. The molecule has 0 aliphatic heterocycles. The van der Waals surface area contributed by atoms with E-state index in [2.05, 4.69) is 34.3 Å². The first-order valence-electron chi connectivity index (χ1n) is 8.82. The summed E-state index contributed by atoms with van der Waals surface area (Å²) in [6.45, 7) is 4.87. The summed E-state index contributed by atoms with van der Waals surface area (Å²) < 4.78 is 3.50. The molecular weight excluding hydrogens is 318 g/mol. The van der Waals surface area contributed by atoms with Gasteiger partial charge in [0, 0.05) is 31.9 Å². The Morgan fingerprint density at radius 2 is 2.12 bits per heavy atom. The molecule has 3 rings (SSSR count). The van der Waals surface area contributed by atoms with Crippen molar-refractivity contribution in [3.05, 3.63) is 30.1 Å². The molecule has 1 aliphatic carbocycles. The Kier molecular flexibility index (Phi) is 5.06. The van der Waals surface area contributed by atoms with E-state index < -0.39 is 0 Å². The van der Waals surface area contributed by atoms with E-state index in [0.717, 1.165) is 30.7 Å². The number of hydrogen-bond acceptors (Lipinski definition) is 4. The van der Waals surface area contributed by atoms with Crippen LogP contribution in [0.15, 0.2) is 18.7 Å². The molecule has 0 saturated heterocycles. The minimum atomic E-state index is -0.143. The molecule has 0 radical (unpaired) electrons. The van der Waals surface area contributed by atoms with Crippen molar-refractivity contribution < 1.29 is 4.79 Å². The lowest BCUT2D eigenvalue weighted by Gasteiger charge is -2.26. The summed E-state index contributed by atoms with van der Waals surface area (Å²) in [6, 6.07) is 0.134. The quantitative estimate of drug-likeness (QED) is 0.832. The summed E-state index contributed by atoms with van der Waals surface area (Å²) in [4.78, 5) is 19.2. The molecule has 2 heterocycles. The highest BCUT2D eigenvalue weighted by Gasteiger charge is 2.34. The van der Waals surface area contributed by atoms with Gasteiger partial charge in [-0.05, 0) is 25.2 Å². The molecule has 25 heavy (non-hydrogen) atoms. The zero-order valence-electron chi connectivity index (χ0n) is 15.4. The van der Waals surface area contributed by atoms with Crippen LogP contribution in [-0.2, 0) is 20.6 Å². The number of aryl methyl sites for hydroxylation is 2. The summed E-state index contributed by atoms with van der Waals surface area (Å²) in [7, 11) is 3.74. The van der Waals surface area contributed by atoms with Crippen molar-refractivity contribution in [2.45, 2.75) is 51.7 Å². The highest BCUT2D eigenvalue weighted by molar-refractivity contribution is 5.75. The van der Waals surface area contributed by atoms with E-state index in [4.69, 9.17) is 0 Å². The van der Waals surface area contributed by atoms with Crippen LogP contribution in [0, 0.1) is 5.92 Å². The van der Waals surface area contributed by atoms with Gasteiger partial charge in [-0.15, -0.1) is 0 Å². The molecule has 2 aromatic rings. The topological polar surface area (TPSA) is 80.9 Å². The molecule has 1 atom stereocenters. The van der Waals surface area contributed by atoms with E-state index >= 15 is 0 Å². The molecule has 0 spiro atoms. The predicted octanol–water partition coefficient (Wildman–Crippen LogP) is 2.01. The summed E-state index contributed by atoms with van der Waals surface area (Å²) in [5, 5.41) is 11.5. The summed E-state index contributed by atoms with van der Waals surface area (Å²) in [5.41, 5.74) is 1.05. The van der Waals surface area contributed by atoms with E-state index in [1.54, 1.807) is 9.36 Å². The van der Waals surface area contributed by atoms with Gasteiger partial charge in [0.05, 0.1) is 18.8 Å². The van der Waals surface area contributed by atoms with Gasteiger partial charge < -0.3 is 10.2 Å². The minimum Gasteiger partial charge on any atom is -0.328 e. The van der Waals surface area contributed by atoms with Crippen LogP contribution >= 0.6 is 0 Å². The predicted molar refractivity (Wildman–Crippen MR) is 93.5 cm³/mol. The number of amides is 2. The number of carbonyl (C=O) groups excluding carboxylic acids is 1. The number of hydrogen-bond donors (Lipinski definition) is 1. The van der Waals surface area contributed by atoms with Crippen molar-refractivity contribution in [3.63, 3.8) is 0 Å². The van der Waals surface area contributed by atoms with Crippen molar-refractivity contribution in [1.29, 1.82) is 0 Å². The Hall–Kier alpha value is -2.38. The van der Waals surface area contributed by atoms with Crippen molar-refractivity contribution in [2.24, 2.45) is 20.0 Å². The molecule has 2 amide bonds. The van der Waals surface area contributed by atoms with Gasteiger partial charge in [-0.2, -0.15) is 10.2 Å². The van der Waals surface area contributed by atoms with Crippen LogP contribution in [0.2, 0.25) is 0 Å². The van der Waals surface area contributed by atoms with Crippen LogP contribution < -0.4 is 5.32 Å². The van der Waals surface area contributed by atoms with Crippen molar-refractivity contribution >= 4 is 6.03 Å². The average molecular weight is 345 g/mol. The van der Waals surface area contributed by atoms with Gasteiger partial charge in [0.2, 0.25) is 0 Å². The number of nitrogens with one attached hydrogen (secondary N) is 1. The maximum atomic E-state index is 13.0. The van der Waals surface area contributed by atoms with Gasteiger partial charge in [0.1, 0.15) is 12.2 Å². The van der Waals surface area contributed by atoms with Crippen LogP contribution in [0.3, 0.4) is 0 Å². The van der Waals surface area contributed by atoms with Crippen molar-refractivity contribution in [3.8, 4) is 0 Å². The monoisotopic (exact) mass is 345 g/mol. The highest BCUT2D eigenvalue weighted by atomic mass is 16.2. The molecule has 8 heteroatoms. The average Bonchev–Trinajstić information content (AvgIpc) is 3.16. The summed E-state index contributed by atoms with van der Waals surface area (Å²) in [5.74, 6) is 1.23. The molecule has 1 aliphatic rings. The molecule has 1 N–H and O–H groups in total. The maximum Gasteiger partial charge on any atom is 0.318 e. The van der Waals surface area contributed by atoms with Gasteiger partial charge in [-0.1, -0.05) is 13.8 Å². The lowest BCUT2D eigenvalue weighted by Crippen LogP contribution is -2.43. The molecule has 136 valence electrons. The second-order valence-corrected chi connectivity index (χ2v) is 7.25. The third kappa shape index (κ3) is 4.37. The second-order valence-electron chi connectivity index (χ2n) is 7.25. The number of carbonyl (C=O) groups is 1. The van der Waals surface area contributed by atoms with Gasteiger partial charge in [0.25, 0.3) is 0 Å². The molecule has 1 saturated carbocycles. The van der Waals surface area contributed by atoms with Gasteiger partial charge in [-0.25, -0.2) is 9.78 Å². The van der Waals surface area contributed by atoms with Crippen LogP contribution in [0.4, 0.5) is 4.79 Å².